The van der Waals surface area contributed by atoms with Gasteiger partial charge in [-0.3, -0.25) is 0 Å². The van der Waals surface area contributed by atoms with Gasteiger partial charge in [0.1, 0.15) is 11.8 Å². The van der Waals surface area contributed by atoms with E-state index < -0.39 is 0 Å². The van der Waals surface area contributed by atoms with Crippen molar-refractivity contribution in [3.63, 3.8) is 0 Å². The number of ether oxygens (including phenoxy) is 2. The maximum Gasteiger partial charge on any atom is 0.128 e. The van der Waals surface area contributed by atoms with E-state index in [4.69, 9.17) is 9.47 Å². The van der Waals surface area contributed by atoms with Crippen LogP contribution in [-0.4, -0.2) is 26.9 Å². The second-order valence-electron chi connectivity index (χ2n) is 4.15. The van der Waals surface area contributed by atoms with Gasteiger partial charge in [-0.1, -0.05) is 12.1 Å². The Morgan fingerprint density at radius 3 is 3.19 bits per heavy atom. The Morgan fingerprint density at radius 2 is 2.31 bits per heavy atom. The van der Waals surface area contributed by atoms with E-state index in [9.17, 15) is 0 Å². The quantitative estimate of drug-likeness (QED) is 0.757. The summed E-state index contributed by atoms with van der Waals surface area (Å²) < 4.78 is 10.7. The van der Waals surface area contributed by atoms with E-state index in [0.717, 1.165) is 38.3 Å². The van der Waals surface area contributed by atoms with Gasteiger partial charge in [-0.25, -0.2) is 0 Å². The third kappa shape index (κ3) is 2.74. The van der Waals surface area contributed by atoms with Gasteiger partial charge in [0.15, 0.2) is 0 Å². The third-order valence-corrected chi connectivity index (χ3v) is 3.01. The maximum absolute atomic E-state index is 5.64. The molecule has 0 fully saturated rings. The van der Waals surface area contributed by atoms with Crippen LogP contribution in [0.15, 0.2) is 24.3 Å². The number of fused-ring (bicyclic) bond motifs is 1. The fourth-order valence-electron chi connectivity index (χ4n) is 2.16. The highest BCUT2D eigenvalue weighted by molar-refractivity contribution is 5.36. The Morgan fingerprint density at radius 1 is 1.44 bits per heavy atom. The lowest BCUT2D eigenvalue weighted by molar-refractivity contribution is -0.698. The zero-order valence-corrected chi connectivity index (χ0v) is 9.82. The van der Waals surface area contributed by atoms with Crippen LogP contribution in [0.25, 0.3) is 0 Å². The fraction of sp³-hybridized carbons (Fsp3) is 0.538. The minimum absolute atomic E-state index is 0.557. The highest BCUT2D eigenvalue weighted by Crippen LogP contribution is 2.28. The molecule has 3 heteroatoms. The minimum Gasteiger partial charge on any atom is -0.493 e. The molecule has 0 saturated heterocycles. The van der Waals surface area contributed by atoms with Gasteiger partial charge in [0.2, 0.25) is 0 Å². The molecular formula is C13H20NO2+. The molecule has 2 rings (SSSR count). The third-order valence-electron chi connectivity index (χ3n) is 3.01. The Balaban J connectivity index is 1.91. The molecule has 1 aromatic carbocycles. The molecule has 1 heterocycles. The minimum atomic E-state index is 0.557. The Bertz CT molecular complexity index is 327. The van der Waals surface area contributed by atoms with Crippen LogP contribution in [-0.2, 0) is 4.74 Å². The molecule has 3 nitrogen and oxygen atoms in total. The van der Waals surface area contributed by atoms with Gasteiger partial charge in [0.25, 0.3) is 0 Å². The van der Waals surface area contributed by atoms with Gasteiger partial charge in [-0.2, -0.15) is 0 Å². The fourth-order valence-corrected chi connectivity index (χ4v) is 2.16. The van der Waals surface area contributed by atoms with E-state index in [1.807, 2.05) is 6.07 Å². The predicted molar refractivity (Wildman–Crippen MR) is 62.6 cm³/mol. The zero-order chi connectivity index (χ0) is 11.2. The smallest absolute Gasteiger partial charge is 0.128 e. The number of nitrogens with two attached hydrogens (primary N) is 1. The molecule has 0 radical (unpaired) electrons. The van der Waals surface area contributed by atoms with Crippen LogP contribution in [0.1, 0.15) is 24.4 Å². The molecule has 1 aliphatic rings. The lowest BCUT2D eigenvalue weighted by Crippen LogP contribution is -2.85. The van der Waals surface area contributed by atoms with Crippen molar-refractivity contribution in [3.05, 3.63) is 29.8 Å². The summed E-state index contributed by atoms with van der Waals surface area (Å²) in [7, 11) is 1.75. The van der Waals surface area contributed by atoms with Crippen molar-refractivity contribution in [2.24, 2.45) is 0 Å². The van der Waals surface area contributed by atoms with Crippen molar-refractivity contribution in [3.8, 4) is 5.75 Å². The van der Waals surface area contributed by atoms with Crippen molar-refractivity contribution in [1.82, 2.24) is 0 Å². The molecule has 0 saturated carbocycles. The topological polar surface area (TPSA) is 35.1 Å². The van der Waals surface area contributed by atoms with Crippen LogP contribution in [0, 0.1) is 0 Å². The highest BCUT2D eigenvalue weighted by Gasteiger charge is 2.22. The largest absolute Gasteiger partial charge is 0.493 e. The summed E-state index contributed by atoms with van der Waals surface area (Å²) >= 11 is 0. The first-order valence-corrected chi connectivity index (χ1v) is 5.96. The van der Waals surface area contributed by atoms with Gasteiger partial charge in [-0.05, 0) is 12.1 Å². The zero-order valence-electron chi connectivity index (χ0n) is 9.82. The molecule has 88 valence electrons. The molecule has 0 spiro atoms. The van der Waals surface area contributed by atoms with Crippen LogP contribution >= 0.6 is 0 Å². The van der Waals surface area contributed by atoms with Gasteiger partial charge in [-0.15, -0.1) is 0 Å². The van der Waals surface area contributed by atoms with E-state index in [1.165, 1.54) is 5.56 Å². The summed E-state index contributed by atoms with van der Waals surface area (Å²) in [6, 6.07) is 8.91. The lowest BCUT2D eigenvalue weighted by Gasteiger charge is -2.24. The summed E-state index contributed by atoms with van der Waals surface area (Å²) in [6.45, 7) is 2.80. The summed E-state index contributed by atoms with van der Waals surface area (Å²) in [5, 5.41) is 2.40. The molecule has 1 atom stereocenters. The molecule has 16 heavy (non-hydrogen) atoms. The molecule has 2 N–H and O–H groups in total. The molecule has 1 aliphatic heterocycles. The first kappa shape index (κ1) is 11.4. The van der Waals surface area contributed by atoms with Crippen molar-refractivity contribution < 1.29 is 14.8 Å². The normalized spacial score (nSPS) is 18.9. The molecule has 0 aromatic heterocycles. The lowest BCUT2D eigenvalue weighted by atomic mass is 10.0. The molecule has 0 amide bonds. The molecule has 0 unspecified atom stereocenters. The van der Waals surface area contributed by atoms with Crippen molar-refractivity contribution in [2.75, 3.05) is 26.9 Å². The second-order valence-corrected chi connectivity index (χ2v) is 4.15. The number of benzene rings is 1. The van der Waals surface area contributed by atoms with Crippen molar-refractivity contribution in [2.45, 2.75) is 18.9 Å². The van der Waals surface area contributed by atoms with Gasteiger partial charge in [0.05, 0.1) is 25.3 Å². The van der Waals surface area contributed by atoms with Gasteiger partial charge in [0, 0.05) is 20.0 Å². The summed E-state index contributed by atoms with van der Waals surface area (Å²) in [5.41, 5.74) is 1.34. The highest BCUT2D eigenvalue weighted by atomic mass is 16.5. The molecule has 0 bridgehead atoms. The Kier molecular flexibility index (Phi) is 4.19. The van der Waals surface area contributed by atoms with Crippen LogP contribution in [0.2, 0.25) is 0 Å². The van der Waals surface area contributed by atoms with E-state index in [1.54, 1.807) is 7.11 Å². The standard InChI is InChI=1S/C13H19NO2/c1-15-9-4-8-14-12-7-10-16-13-6-3-2-5-11(12)13/h2-3,5-6,12,14H,4,7-10H2,1H3/p+1/t12-/m0/s1. The molecular weight excluding hydrogens is 202 g/mol. The van der Waals surface area contributed by atoms with E-state index in [-0.39, 0.29) is 0 Å². The second kappa shape index (κ2) is 5.87. The predicted octanol–water partition coefficient (Wildman–Crippen LogP) is 1.11. The molecule has 0 aliphatic carbocycles. The van der Waals surface area contributed by atoms with E-state index >= 15 is 0 Å². The number of rotatable bonds is 5. The monoisotopic (exact) mass is 222 g/mol. The van der Waals surface area contributed by atoms with Crippen LogP contribution in [0.4, 0.5) is 0 Å². The van der Waals surface area contributed by atoms with Crippen LogP contribution in [0.3, 0.4) is 0 Å². The number of hydrogen-bond donors (Lipinski definition) is 1. The molecule has 1 aromatic rings. The summed E-state index contributed by atoms with van der Waals surface area (Å²) in [6.07, 6.45) is 2.21. The van der Waals surface area contributed by atoms with Crippen LogP contribution < -0.4 is 10.1 Å². The average molecular weight is 222 g/mol. The number of para-hydroxylation sites is 1. The Hall–Kier alpha value is -1.06. The first-order valence-electron chi connectivity index (χ1n) is 5.96. The SMILES string of the molecule is COCCC[NH2+][C@H]1CCOc2ccccc21. The number of quaternary nitrogens is 1. The van der Waals surface area contributed by atoms with Crippen LogP contribution in [0.5, 0.6) is 5.75 Å². The Labute approximate surface area is 96.8 Å². The number of hydrogen-bond acceptors (Lipinski definition) is 2. The van der Waals surface area contributed by atoms with Gasteiger partial charge >= 0.3 is 0 Å². The van der Waals surface area contributed by atoms with E-state index in [2.05, 4.69) is 23.5 Å². The van der Waals surface area contributed by atoms with Crippen molar-refractivity contribution in [1.29, 1.82) is 0 Å². The summed E-state index contributed by atoms with van der Waals surface area (Å²) in [4.78, 5) is 0. The van der Waals surface area contributed by atoms with Gasteiger partial charge < -0.3 is 14.8 Å². The average Bonchev–Trinajstić information content (AvgIpc) is 2.35. The first-order chi connectivity index (χ1) is 7.92. The van der Waals surface area contributed by atoms with Crippen molar-refractivity contribution >= 4 is 0 Å². The maximum atomic E-state index is 5.64. The number of methoxy groups -OCH3 is 1. The summed E-state index contributed by atoms with van der Waals surface area (Å²) in [5.74, 6) is 1.06. The van der Waals surface area contributed by atoms with E-state index in [0.29, 0.717) is 6.04 Å².